The lowest BCUT2D eigenvalue weighted by molar-refractivity contribution is -0.142. The van der Waals surface area contributed by atoms with Crippen LogP contribution in [0.5, 0.6) is 0 Å². The van der Waals surface area contributed by atoms with Gasteiger partial charge in [0.05, 0.1) is 24.8 Å². The topological polar surface area (TPSA) is 75.6 Å². The fraction of sp³-hybridized carbons (Fsp3) is 0.500. The monoisotopic (exact) mass is 269 g/mol. The van der Waals surface area contributed by atoms with E-state index in [2.05, 4.69) is 5.32 Å². The first-order valence-corrected chi connectivity index (χ1v) is 6.49. The van der Waals surface area contributed by atoms with Crippen LogP contribution in [0.1, 0.15) is 20.1 Å². The van der Waals surface area contributed by atoms with Gasteiger partial charge in [0, 0.05) is 9.75 Å². The fourth-order valence-corrected chi connectivity index (χ4v) is 2.96. The fourth-order valence-electron chi connectivity index (χ4n) is 2.04. The van der Waals surface area contributed by atoms with Crippen molar-refractivity contribution in [1.82, 2.24) is 5.32 Å². The second kappa shape index (κ2) is 5.07. The van der Waals surface area contributed by atoms with Crippen LogP contribution in [0.4, 0.5) is 0 Å². The van der Waals surface area contributed by atoms with Gasteiger partial charge in [-0.3, -0.25) is 9.59 Å². The Morgan fingerprint density at radius 2 is 2.17 bits per heavy atom. The van der Waals surface area contributed by atoms with E-state index in [0.717, 1.165) is 9.75 Å². The molecule has 0 aliphatic carbocycles. The van der Waals surface area contributed by atoms with E-state index in [-0.39, 0.29) is 19.1 Å². The maximum absolute atomic E-state index is 12.1. The largest absolute Gasteiger partial charge is 0.481 e. The average Bonchev–Trinajstić information content (AvgIpc) is 2.85. The quantitative estimate of drug-likeness (QED) is 0.864. The number of thiophene rings is 1. The van der Waals surface area contributed by atoms with Crippen LogP contribution >= 0.6 is 11.3 Å². The standard InChI is InChI=1S/C12H15NO4S/c1-6-3-8(7(2)18-6)11(14)13-10-5-17-4-9(10)12(15)16/h3,9-10H,4-5H2,1-2H3,(H,13,14)(H,15,16). The third kappa shape index (κ3) is 2.54. The molecule has 0 saturated carbocycles. The highest BCUT2D eigenvalue weighted by Crippen LogP contribution is 2.21. The predicted octanol–water partition coefficient (Wildman–Crippen LogP) is 1.19. The molecular formula is C12H15NO4S. The summed E-state index contributed by atoms with van der Waals surface area (Å²) in [6.07, 6.45) is 0. The Bertz CT molecular complexity index is 482. The van der Waals surface area contributed by atoms with Crippen LogP contribution in [-0.4, -0.2) is 36.2 Å². The third-order valence-corrected chi connectivity index (χ3v) is 3.97. The number of hydrogen-bond donors (Lipinski definition) is 2. The van der Waals surface area contributed by atoms with E-state index in [1.54, 1.807) is 11.3 Å². The minimum absolute atomic E-state index is 0.155. The van der Waals surface area contributed by atoms with Crippen LogP contribution in [0.25, 0.3) is 0 Å². The smallest absolute Gasteiger partial charge is 0.311 e. The molecule has 1 amide bonds. The Morgan fingerprint density at radius 1 is 1.44 bits per heavy atom. The number of carbonyl (C=O) groups excluding carboxylic acids is 1. The van der Waals surface area contributed by atoms with Crippen LogP contribution in [-0.2, 0) is 9.53 Å². The van der Waals surface area contributed by atoms with Crippen LogP contribution in [0.15, 0.2) is 6.07 Å². The van der Waals surface area contributed by atoms with Gasteiger partial charge in [0.1, 0.15) is 5.92 Å². The van der Waals surface area contributed by atoms with Crippen molar-refractivity contribution in [3.63, 3.8) is 0 Å². The molecule has 1 aliphatic heterocycles. The molecule has 1 aromatic rings. The summed E-state index contributed by atoms with van der Waals surface area (Å²) < 4.78 is 5.11. The molecule has 6 heteroatoms. The number of carbonyl (C=O) groups is 2. The first-order valence-electron chi connectivity index (χ1n) is 5.67. The molecule has 2 atom stereocenters. The molecule has 2 unspecified atom stereocenters. The Hall–Kier alpha value is -1.40. The third-order valence-electron chi connectivity index (χ3n) is 3.00. The van der Waals surface area contributed by atoms with Gasteiger partial charge in [-0.25, -0.2) is 0 Å². The van der Waals surface area contributed by atoms with E-state index < -0.39 is 17.9 Å². The van der Waals surface area contributed by atoms with Gasteiger partial charge in [0.2, 0.25) is 0 Å². The van der Waals surface area contributed by atoms with Gasteiger partial charge in [-0.2, -0.15) is 0 Å². The van der Waals surface area contributed by atoms with Crippen molar-refractivity contribution in [2.45, 2.75) is 19.9 Å². The molecule has 2 N–H and O–H groups in total. The zero-order valence-corrected chi connectivity index (χ0v) is 11.0. The lowest BCUT2D eigenvalue weighted by atomic mass is 10.0. The van der Waals surface area contributed by atoms with Gasteiger partial charge in [0.15, 0.2) is 0 Å². The Labute approximate surface area is 109 Å². The number of amides is 1. The van der Waals surface area contributed by atoms with Gasteiger partial charge in [0.25, 0.3) is 5.91 Å². The molecule has 1 aromatic heterocycles. The first kappa shape index (κ1) is 13.0. The van der Waals surface area contributed by atoms with Gasteiger partial charge >= 0.3 is 5.97 Å². The summed E-state index contributed by atoms with van der Waals surface area (Å²) in [5.41, 5.74) is 0.619. The molecule has 1 fully saturated rings. The Morgan fingerprint density at radius 3 is 2.72 bits per heavy atom. The average molecular weight is 269 g/mol. The van der Waals surface area contributed by atoms with Crippen LogP contribution in [0.2, 0.25) is 0 Å². The molecule has 98 valence electrons. The van der Waals surface area contributed by atoms with Crippen molar-refractivity contribution in [2.75, 3.05) is 13.2 Å². The first-order chi connectivity index (χ1) is 8.49. The Balaban J connectivity index is 2.07. The van der Waals surface area contributed by atoms with E-state index >= 15 is 0 Å². The van der Waals surface area contributed by atoms with E-state index in [1.165, 1.54) is 0 Å². The number of hydrogen-bond acceptors (Lipinski definition) is 4. The molecule has 2 rings (SSSR count). The lowest BCUT2D eigenvalue weighted by Gasteiger charge is -2.15. The van der Waals surface area contributed by atoms with Crippen molar-refractivity contribution >= 4 is 23.2 Å². The van der Waals surface area contributed by atoms with Crippen molar-refractivity contribution < 1.29 is 19.4 Å². The lowest BCUT2D eigenvalue weighted by Crippen LogP contribution is -2.42. The highest BCUT2D eigenvalue weighted by Gasteiger charge is 2.35. The molecule has 18 heavy (non-hydrogen) atoms. The number of nitrogens with one attached hydrogen (secondary N) is 1. The molecular weight excluding hydrogens is 254 g/mol. The zero-order chi connectivity index (χ0) is 13.3. The minimum atomic E-state index is -0.934. The summed E-state index contributed by atoms with van der Waals surface area (Å²) in [6.45, 7) is 4.23. The van der Waals surface area contributed by atoms with Gasteiger partial charge in [-0.05, 0) is 19.9 Å². The number of ether oxygens (including phenoxy) is 1. The van der Waals surface area contributed by atoms with Crippen LogP contribution < -0.4 is 5.32 Å². The molecule has 1 saturated heterocycles. The minimum Gasteiger partial charge on any atom is -0.481 e. The zero-order valence-electron chi connectivity index (χ0n) is 10.2. The molecule has 0 radical (unpaired) electrons. The Kier molecular flexibility index (Phi) is 3.68. The molecule has 0 bridgehead atoms. The second-order valence-corrected chi connectivity index (χ2v) is 5.85. The van der Waals surface area contributed by atoms with E-state index in [0.29, 0.717) is 5.56 Å². The van der Waals surface area contributed by atoms with Gasteiger partial charge in [-0.15, -0.1) is 11.3 Å². The van der Waals surface area contributed by atoms with Crippen molar-refractivity contribution in [3.05, 3.63) is 21.4 Å². The summed E-state index contributed by atoms with van der Waals surface area (Å²) in [6, 6.07) is 1.37. The molecule has 1 aliphatic rings. The molecule has 0 spiro atoms. The van der Waals surface area contributed by atoms with E-state index in [1.807, 2.05) is 19.9 Å². The highest BCUT2D eigenvalue weighted by molar-refractivity contribution is 7.12. The maximum atomic E-state index is 12.1. The number of carboxylic acids is 1. The van der Waals surface area contributed by atoms with Gasteiger partial charge < -0.3 is 15.2 Å². The maximum Gasteiger partial charge on any atom is 0.311 e. The second-order valence-electron chi connectivity index (χ2n) is 4.39. The van der Waals surface area contributed by atoms with E-state index in [4.69, 9.17) is 9.84 Å². The van der Waals surface area contributed by atoms with Gasteiger partial charge in [-0.1, -0.05) is 0 Å². The summed E-state index contributed by atoms with van der Waals surface area (Å²) >= 11 is 1.55. The predicted molar refractivity (Wildman–Crippen MR) is 67.0 cm³/mol. The van der Waals surface area contributed by atoms with Crippen molar-refractivity contribution in [1.29, 1.82) is 0 Å². The summed E-state index contributed by atoms with van der Waals surface area (Å²) in [5.74, 6) is -1.82. The number of aliphatic carboxylic acids is 1. The number of aryl methyl sites for hydroxylation is 2. The highest BCUT2D eigenvalue weighted by atomic mass is 32.1. The molecule has 5 nitrogen and oxygen atoms in total. The molecule has 0 aromatic carbocycles. The van der Waals surface area contributed by atoms with Crippen LogP contribution in [0.3, 0.4) is 0 Å². The van der Waals surface area contributed by atoms with E-state index in [9.17, 15) is 9.59 Å². The van der Waals surface area contributed by atoms with Crippen LogP contribution in [0, 0.1) is 19.8 Å². The summed E-state index contributed by atoms with van der Waals surface area (Å²) in [5, 5.41) is 11.7. The summed E-state index contributed by atoms with van der Waals surface area (Å²) in [7, 11) is 0. The number of rotatable bonds is 3. The van der Waals surface area contributed by atoms with Crippen molar-refractivity contribution in [3.8, 4) is 0 Å². The SMILES string of the molecule is Cc1cc(C(=O)NC2COCC2C(=O)O)c(C)s1. The normalized spacial score (nSPS) is 23.0. The molecule has 2 heterocycles. The summed E-state index contributed by atoms with van der Waals surface area (Å²) in [4.78, 5) is 25.0. The number of carboxylic acid groups (broad SMARTS) is 1. The van der Waals surface area contributed by atoms with Crippen molar-refractivity contribution in [2.24, 2.45) is 5.92 Å².